The molecule has 1 aromatic carbocycles. The molecule has 2 aliphatic rings. The summed E-state index contributed by atoms with van der Waals surface area (Å²) in [5, 5.41) is 5.33. The van der Waals surface area contributed by atoms with Gasteiger partial charge in [0.15, 0.2) is 0 Å². The molecule has 0 radical (unpaired) electrons. The highest BCUT2D eigenvalue weighted by Gasteiger charge is 2.39. The van der Waals surface area contributed by atoms with E-state index in [1.165, 1.54) is 24.6 Å². The van der Waals surface area contributed by atoms with Crippen LogP contribution in [0.5, 0.6) is 0 Å². The summed E-state index contributed by atoms with van der Waals surface area (Å²) >= 11 is 6.06. The van der Waals surface area contributed by atoms with Crippen molar-refractivity contribution in [1.82, 2.24) is 4.90 Å². The van der Waals surface area contributed by atoms with Gasteiger partial charge < -0.3 is 4.90 Å². The number of halogens is 1. The van der Waals surface area contributed by atoms with Crippen molar-refractivity contribution >= 4 is 27.5 Å². The Kier molecular flexibility index (Phi) is 3.71. The van der Waals surface area contributed by atoms with Crippen LogP contribution in [0, 0.1) is 11.8 Å². The summed E-state index contributed by atoms with van der Waals surface area (Å²) in [6.07, 6.45) is 3.49. The number of benzene rings is 1. The highest BCUT2D eigenvalue weighted by molar-refractivity contribution is 7.89. The SMILES string of the molecule is NS(=O)(=O)c1cccc(Cl)c1C(=O)N1CC2CCCC2C1. The van der Waals surface area contributed by atoms with E-state index in [1.807, 2.05) is 0 Å². The summed E-state index contributed by atoms with van der Waals surface area (Å²) in [4.78, 5) is 14.2. The molecule has 0 bridgehead atoms. The summed E-state index contributed by atoms with van der Waals surface area (Å²) in [5.74, 6) is 0.739. The highest BCUT2D eigenvalue weighted by atomic mass is 35.5. The van der Waals surface area contributed by atoms with Crippen molar-refractivity contribution in [3.8, 4) is 0 Å². The van der Waals surface area contributed by atoms with E-state index >= 15 is 0 Å². The Labute approximate surface area is 129 Å². The molecule has 1 saturated carbocycles. The van der Waals surface area contributed by atoms with Gasteiger partial charge in [0.2, 0.25) is 10.0 Å². The molecule has 1 heterocycles. The van der Waals surface area contributed by atoms with Gasteiger partial charge in [-0.3, -0.25) is 4.79 Å². The molecule has 114 valence electrons. The smallest absolute Gasteiger partial charge is 0.256 e. The van der Waals surface area contributed by atoms with Gasteiger partial charge in [-0.25, -0.2) is 13.6 Å². The van der Waals surface area contributed by atoms with E-state index in [0.717, 1.165) is 12.8 Å². The van der Waals surface area contributed by atoms with Gasteiger partial charge in [-0.05, 0) is 36.8 Å². The van der Waals surface area contributed by atoms with Crippen LogP contribution in [0.2, 0.25) is 5.02 Å². The average molecular weight is 329 g/mol. The summed E-state index contributed by atoms with van der Waals surface area (Å²) in [7, 11) is -3.98. The lowest BCUT2D eigenvalue weighted by atomic mass is 10.0. The second-order valence-corrected chi connectivity index (χ2v) is 7.76. The number of likely N-dealkylation sites (tertiary alicyclic amines) is 1. The molecule has 7 heteroatoms. The van der Waals surface area contributed by atoms with E-state index in [9.17, 15) is 13.2 Å². The second kappa shape index (κ2) is 5.26. The minimum absolute atomic E-state index is 0.00152. The van der Waals surface area contributed by atoms with E-state index in [-0.39, 0.29) is 21.4 Å². The molecular weight excluding hydrogens is 312 g/mol. The van der Waals surface area contributed by atoms with E-state index in [2.05, 4.69) is 0 Å². The van der Waals surface area contributed by atoms with E-state index in [1.54, 1.807) is 4.90 Å². The molecule has 3 rings (SSSR count). The Morgan fingerprint density at radius 2 is 1.86 bits per heavy atom. The van der Waals surface area contributed by atoms with Crippen LogP contribution in [0.3, 0.4) is 0 Å². The second-order valence-electron chi connectivity index (χ2n) is 5.82. The third kappa shape index (κ3) is 2.67. The monoisotopic (exact) mass is 328 g/mol. The van der Waals surface area contributed by atoms with Crippen LogP contribution in [0.15, 0.2) is 23.1 Å². The van der Waals surface area contributed by atoms with Crippen molar-refractivity contribution in [2.75, 3.05) is 13.1 Å². The third-order valence-electron chi connectivity index (χ3n) is 4.51. The Balaban J connectivity index is 1.95. The average Bonchev–Trinajstić information content (AvgIpc) is 2.97. The van der Waals surface area contributed by atoms with Crippen molar-refractivity contribution in [1.29, 1.82) is 0 Å². The molecule has 2 N–H and O–H groups in total. The predicted molar refractivity (Wildman–Crippen MR) is 79.6 cm³/mol. The number of rotatable bonds is 2. The zero-order valence-electron chi connectivity index (χ0n) is 11.5. The molecule has 1 aliphatic heterocycles. The van der Waals surface area contributed by atoms with Gasteiger partial charge in [0.1, 0.15) is 0 Å². The molecule has 1 aromatic rings. The van der Waals surface area contributed by atoms with Crippen LogP contribution >= 0.6 is 11.6 Å². The lowest BCUT2D eigenvalue weighted by molar-refractivity contribution is 0.0777. The van der Waals surface area contributed by atoms with Crippen molar-refractivity contribution < 1.29 is 13.2 Å². The van der Waals surface area contributed by atoms with Crippen molar-refractivity contribution in [3.63, 3.8) is 0 Å². The summed E-state index contributed by atoms with van der Waals surface area (Å²) in [6, 6.07) is 4.32. The zero-order valence-corrected chi connectivity index (χ0v) is 13.0. The minimum Gasteiger partial charge on any atom is -0.338 e. The molecule has 0 aromatic heterocycles. The molecule has 1 aliphatic carbocycles. The van der Waals surface area contributed by atoms with Crippen LogP contribution in [-0.2, 0) is 10.0 Å². The largest absolute Gasteiger partial charge is 0.338 e. The van der Waals surface area contributed by atoms with Crippen LogP contribution in [-0.4, -0.2) is 32.3 Å². The number of primary sulfonamides is 1. The van der Waals surface area contributed by atoms with Crippen molar-refractivity contribution in [2.45, 2.75) is 24.2 Å². The minimum atomic E-state index is -3.98. The first kappa shape index (κ1) is 14.8. The topological polar surface area (TPSA) is 80.5 Å². The molecular formula is C14H17ClN2O3S. The van der Waals surface area contributed by atoms with Gasteiger partial charge in [0.25, 0.3) is 5.91 Å². The molecule has 1 amide bonds. The zero-order chi connectivity index (χ0) is 15.2. The van der Waals surface area contributed by atoms with Gasteiger partial charge in [-0.2, -0.15) is 0 Å². The number of amides is 1. The Bertz CT molecular complexity index is 677. The molecule has 0 spiro atoms. The number of hydrogen-bond donors (Lipinski definition) is 1. The lowest BCUT2D eigenvalue weighted by Crippen LogP contribution is -2.31. The van der Waals surface area contributed by atoms with E-state index in [0.29, 0.717) is 24.9 Å². The van der Waals surface area contributed by atoms with Crippen molar-refractivity contribution in [2.24, 2.45) is 17.0 Å². The molecule has 2 fully saturated rings. The Morgan fingerprint density at radius 1 is 1.24 bits per heavy atom. The number of nitrogens with zero attached hydrogens (tertiary/aromatic N) is 1. The standard InChI is InChI=1S/C14H17ClN2O3S/c15-11-5-2-6-12(21(16,19)20)13(11)14(18)17-7-9-3-1-4-10(9)8-17/h2,5-6,9-10H,1,3-4,7-8H2,(H2,16,19,20). The molecule has 21 heavy (non-hydrogen) atoms. The number of carbonyl (C=O) groups excluding carboxylic acids is 1. The van der Waals surface area contributed by atoms with E-state index in [4.69, 9.17) is 16.7 Å². The maximum Gasteiger partial charge on any atom is 0.256 e. The molecule has 2 unspecified atom stereocenters. The molecule has 5 nitrogen and oxygen atoms in total. The van der Waals surface area contributed by atoms with Crippen LogP contribution in [0.1, 0.15) is 29.6 Å². The molecule has 1 saturated heterocycles. The van der Waals surface area contributed by atoms with Gasteiger partial charge in [-0.1, -0.05) is 24.1 Å². The first-order valence-electron chi connectivity index (χ1n) is 6.98. The fraction of sp³-hybridized carbons (Fsp3) is 0.500. The van der Waals surface area contributed by atoms with Gasteiger partial charge >= 0.3 is 0 Å². The number of carbonyl (C=O) groups is 1. The van der Waals surface area contributed by atoms with Crippen LogP contribution in [0.4, 0.5) is 0 Å². The first-order valence-corrected chi connectivity index (χ1v) is 8.91. The number of nitrogens with two attached hydrogens (primary N) is 1. The predicted octanol–water partition coefficient (Wildman–Crippen LogP) is 1.86. The summed E-state index contributed by atoms with van der Waals surface area (Å²) in [6.45, 7) is 1.36. The highest BCUT2D eigenvalue weighted by Crippen LogP contribution is 2.39. The van der Waals surface area contributed by atoms with E-state index < -0.39 is 10.0 Å². The quantitative estimate of drug-likeness (QED) is 0.899. The van der Waals surface area contributed by atoms with Crippen LogP contribution in [0.25, 0.3) is 0 Å². The fourth-order valence-electron chi connectivity index (χ4n) is 3.51. The lowest BCUT2D eigenvalue weighted by Gasteiger charge is -2.19. The molecule has 2 atom stereocenters. The maximum absolute atomic E-state index is 12.7. The number of fused-ring (bicyclic) bond motifs is 1. The maximum atomic E-state index is 12.7. The Hall–Kier alpha value is -1.11. The van der Waals surface area contributed by atoms with Gasteiger partial charge in [-0.15, -0.1) is 0 Å². The first-order chi connectivity index (χ1) is 9.88. The number of sulfonamides is 1. The fourth-order valence-corrected chi connectivity index (χ4v) is 4.57. The summed E-state index contributed by atoms with van der Waals surface area (Å²) < 4.78 is 23.3. The normalized spacial score (nSPS) is 25.1. The van der Waals surface area contributed by atoms with Gasteiger partial charge in [0, 0.05) is 13.1 Å². The van der Waals surface area contributed by atoms with Crippen molar-refractivity contribution in [3.05, 3.63) is 28.8 Å². The third-order valence-corrected chi connectivity index (χ3v) is 5.78. The van der Waals surface area contributed by atoms with Gasteiger partial charge in [0.05, 0.1) is 15.5 Å². The number of hydrogen-bond acceptors (Lipinski definition) is 3. The Morgan fingerprint density at radius 3 is 2.43 bits per heavy atom. The summed E-state index contributed by atoms with van der Waals surface area (Å²) in [5.41, 5.74) is 0.00152. The van der Waals surface area contributed by atoms with Crippen LogP contribution < -0.4 is 5.14 Å².